The molecule has 1 N–H and O–H groups in total. The average molecular weight is 522 g/mol. The molecule has 0 aliphatic carbocycles. The Bertz CT molecular complexity index is 1290. The zero-order valence-corrected chi connectivity index (χ0v) is 19.2. The molecule has 2 heterocycles. The number of urea groups is 1. The van der Waals surface area contributed by atoms with Crippen LogP contribution in [0.1, 0.15) is 15.9 Å². The van der Waals surface area contributed by atoms with Gasteiger partial charge in [0.15, 0.2) is 11.5 Å². The molecule has 0 fully saturated rings. The highest BCUT2D eigenvalue weighted by molar-refractivity contribution is 6.37. The number of hydrogen-bond donors (Lipinski definition) is 1. The molecule has 0 spiro atoms. The lowest BCUT2D eigenvalue weighted by Crippen LogP contribution is -2.42. The molecule has 0 radical (unpaired) electrons. The van der Waals surface area contributed by atoms with Gasteiger partial charge in [0.2, 0.25) is 0 Å². The van der Waals surface area contributed by atoms with Crippen LogP contribution in [0.15, 0.2) is 47.7 Å². The molecule has 0 aromatic heterocycles. The topological polar surface area (TPSA) is 107 Å². The van der Waals surface area contributed by atoms with Gasteiger partial charge in [0.05, 0.1) is 21.4 Å². The smallest absolute Gasteiger partial charge is 0.347 e. The summed E-state index contributed by atoms with van der Waals surface area (Å²) in [7, 11) is 0. The number of anilines is 1. The monoisotopic (exact) mass is 521 g/mol. The minimum atomic E-state index is -2.97. The minimum absolute atomic E-state index is 0.0579. The summed E-state index contributed by atoms with van der Waals surface area (Å²) in [5, 5.41) is 16.5. The Morgan fingerprint density at radius 2 is 1.94 bits per heavy atom. The summed E-state index contributed by atoms with van der Waals surface area (Å²) in [4.78, 5) is 26.0. The first-order valence-electron chi connectivity index (χ1n) is 9.96. The van der Waals surface area contributed by atoms with Gasteiger partial charge in [0.25, 0.3) is 5.91 Å². The molecular formula is C22H15Cl2F2N5O4. The maximum Gasteiger partial charge on any atom is 0.347 e. The zero-order chi connectivity index (χ0) is 25.3. The maximum absolute atomic E-state index is 12.5. The van der Waals surface area contributed by atoms with E-state index in [-0.39, 0.29) is 39.4 Å². The minimum Gasteiger partial charge on any atom is -0.454 e. The molecular weight excluding hydrogens is 507 g/mol. The number of alkyl halides is 2. The van der Waals surface area contributed by atoms with Gasteiger partial charge in [-0.25, -0.2) is 4.79 Å². The molecule has 0 saturated heterocycles. The number of amides is 3. The van der Waals surface area contributed by atoms with E-state index in [1.165, 1.54) is 29.2 Å². The number of rotatable bonds is 6. The van der Waals surface area contributed by atoms with Gasteiger partial charge in [-0.1, -0.05) is 29.8 Å². The van der Waals surface area contributed by atoms with Crippen LogP contribution in [0.2, 0.25) is 10.0 Å². The maximum atomic E-state index is 12.5. The lowest BCUT2D eigenvalue weighted by atomic mass is 9.99. The van der Waals surface area contributed by atoms with Crippen LogP contribution < -0.4 is 15.1 Å². The normalized spacial score (nSPS) is 15.5. The Kier molecular flexibility index (Phi) is 6.88. The number of nitrogens with one attached hydrogen (secondary N) is 1. The summed E-state index contributed by atoms with van der Waals surface area (Å²) in [6, 6.07) is 8.61. The number of carbonyl (C=O) groups is 2. The fraction of sp³-hybridized carbons (Fsp3) is 0.182. The summed E-state index contributed by atoms with van der Waals surface area (Å²) < 4.78 is 34.7. The average Bonchev–Trinajstić information content (AvgIpc) is 2.81. The molecule has 35 heavy (non-hydrogen) atoms. The van der Waals surface area contributed by atoms with Crippen molar-refractivity contribution in [2.45, 2.75) is 13.0 Å². The number of hydrazone groups is 1. The van der Waals surface area contributed by atoms with Crippen molar-refractivity contribution in [3.05, 3.63) is 63.8 Å². The molecule has 0 unspecified atom stereocenters. The van der Waals surface area contributed by atoms with E-state index in [1.54, 1.807) is 6.07 Å². The van der Waals surface area contributed by atoms with E-state index in [9.17, 15) is 18.4 Å². The van der Waals surface area contributed by atoms with Gasteiger partial charge in [-0.05, 0) is 42.3 Å². The largest absolute Gasteiger partial charge is 0.454 e. The van der Waals surface area contributed by atoms with Crippen LogP contribution in [0.4, 0.5) is 19.3 Å². The Balaban J connectivity index is 1.55. The van der Waals surface area contributed by atoms with E-state index in [1.807, 2.05) is 6.07 Å². The molecule has 4 rings (SSSR count). The number of halogens is 4. The third-order valence-corrected chi connectivity index (χ3v) is 5.65. The molecule has 180 valence electrons. The molecule has 2 aliphatic rings. The van der Waals surface area contributed by atoms with Crippen molar-refractivity contribution in [1.29, 1.82) is 5.26 Å². The summed E-state index contributed by atoms with van der Waals surface area (Å²) >= 11 is 12.7. The van der Waals surface area contributed by atoms with Gasteiger partial charge >= 0.3 is 12.6 Å². The van der Waals surface area contributed by atoms with Gasteiger partial charge in [-0.2, -0.15) is 24.2 Å². The van der Waals surface area contributed by atoms with Gasteiger partial charge in [0.1, 0.15) is 18.5 Å². The third kappa shape index (κ3) is 5.05. The number of carbonyl (C=O) groups excluding carboxylic acids is 2. The summed E-state index contributed by atoms with van der Waals surface area (Å²) in [5.74, 6) is -0.00160. The van der Waals surface area contributed by atoms with Gasteiger partial charge < -0.3 is 19.7 Å². The van der Waals surface area contributed by atoms with Gasteiger partial charge in [0, 0.05) is 12.1 Å². The van der Waals surface area contributed by atoms with Crippen molar-refractivity contribution in [3.63, 3.8) is 0 Å². The number of benzene rings is 2. The van der Waals surface area contributed by atoms with E-state index < -0.39 is 25.3 Å². The van der Waals surface area contributed by atoms with Crippen LogP contribution in [-0.4, -0.2) is 42.4 Å². The van der Waals surface area contributed by atoms with Crippen LogP contribution in [0.25, 0.3) is 0 Å². The molecule has 13 heteroatoms. The predicted octanol–water partition coefficient (Wildman–Crippen LogP) is 4.90. The van der Waals surface area contributed by atoms with Crippen molar-refractivity contribution in [2.75, 3.05) is 18.3 Å². The van der Waals surface area contributed by atoms with Crippen molar-refractivity contribution < 1.29 is 27.8 Å². The second-order valence-electron chi connectivity index (χ2n) is 7.32. The van der Waals surface area contributed by atoms with E-state index in [2.05, 4.69) is 21.7 Å². The first-order valence-corrected chi connectivity index (χ1v) is 10.7. The van der Waals surface area contributed by atoms with Crippen LogP contribution >= 0.6 is 23.2 Å². The molecule has 0 bridgehead atoms. The number of allylic oxidation sites excluding steroid dienone is 1. The number of hydrogen-bond acceptors (Lipinski definition) is 6. The first kappa shape index (κ1) is 24.4. The van der Waals surface area contributed by atoms with Gasteiger partial charge in [-0.15, -0.1) is 0 Å². The second kappa shape index (κ2) is 9.87. The van der Waals surface area contributed by atoms with Crippen LogP contribution in [0, 0.1) is 11.3 Å². The SMILES string of the molecule is C=C1NC(=O)N(c2cc(Cl)c(Oc3ccc4c(c3)CCN(COC(F)F)C4=O)c(Cl)c2)N=C1C#N. The van der Waals surface area contributed by atoms with Crippen LogP contribution in [0.3, 0.4) is 0 Å². The highest BCUT2D eigenvalue weighted by Crippen LogP contribution is 2.40. The zero-order valence-electron chi connectivity index (χ0n) is 17.7. The Morgan fingerprint density at radius 3 is 2.60 bits per heavy atom. The van der Waals surface area contributed by atoms with Crippen molar-refractivity contribution in [3.8, 4) is 17.6 Å². The molecule has 2 aliphatic heterocycles. The van der Waals surface area contributed by atoms with Crippen molar-refractivity contribution >= 4 is 46.5 Å². The lowest BCUT2D eigenvalue weighted by Gasteiger charge is -2.28. The van der Waals surface area contributed by atoms with E-state index in [4.69, 9.17) is 33.2 Å². The van der Waals surface area contributed by atoms with Crippen LogP contribution in [0.5, 0.6) is 11.5 Å². The molecule has 3 amide bonds. The van der Waals surface area contributed by atoms with E-state index in [0.717, 1.165) is 5.01 Å². The molecule has 0 saturated carbocycles. The summed E-state index contributed by atoms with van der Waals surface area (Å²) in [6.07, 6.45) is 0.403. The lowest BCUT2D eigenvalue weighted by molar-refractivity contribution is -0.152. The number of fused-ring (bicyclic) bond motifs is 1. The highest BCUT2D eigenvalue weighted by Gasteiger charge is 2.27. The van der Waals surface area contributed by atoms with Crippen molar-refractivity contribution in [1.82, 2.24) is 10.2 Å². The summed E-state index contributed by atoms with van der Waals surface area (Å²) in [5.41, 5.74) is 1.18. The highest BCUT2D eigenvalue weighted by atomic mass is 35.5. The molecule has 2 aromatic carbocycles. The van der Waals surface area contributed by atoms with E-state index in [0.29, 0.717) is 23.3 Å². The second-order valence-corrected chi connectivity index (χ2v) is 8.13. The predicted molar refractivity (Wildman–Crippen MR) is 123 cm³/mol. The Labute approximate surface area is 207 Å². The van der Waals surface area contributed by atoms with Crippen LogP contribution in [-0.2, 0) is 11.2 Å². The number of nitrogens with zero attached hydrogens (tertiary/aromatic N) is 4. The van der Waals surface area contributed by atoms with Gasteiger partial charge in [-0.3, -0.25) is 4.79 Å². The molecule has 0 atom stereocenters. The Morgan fingerprint density at radius 1 is 1.23 bits per heavy atom. The number of nitriles is 1. The number of ether oxygens (including phenoxy) is 2. The quantitative estimate of drug-likeness (QED) is 0.581. The fourth-order valence-electron chi connectivity index (χ4n) is 3.44. The molecule has 9 nitrogen and oxygen atoms in total. The first-order chi connectivity index (χ1) is 16.7. The van der Waals surface area contributed by atoms with E-state index >= 15 is 0 Å². The van der Waals surface area contributed by atoms with Crippen molar-refractivity contribution in [2.24, 2.45) is 5.10 Å². The third-order valence-electron chi connectivity index (χ3n) is 5.09. The fourth-order valence-corrected chi connectivity index (χ4v) is 3.99. The standard InChI is InChI=1S/C22H15Cl2F2N5O4/c1-11-18(9-27)29-31(22(33)28-11)13-7-16(23)19(17(24)8-13)35-14-2-3-15-12(6-14)4-5-30(20(15)32)10-34-21(25)26/h2-3,6-8,21H,1,4-5,10H2,(H,28,33). The molecule has 2 aromatic rings. The summed E-state index contributed by atoms with van der Waals surface area (Å²) in [6.45, 7) is 0.282. The Hall–Kier alpha value is -3.72.